The van der Waals surface area contributed by atoms with Crippen molar-refractivity contribution in [2.24, 2.45) is 0 Å². The average Bonchev–Trinajstić information content (AvgIpc) is 3.06. The Hall–Kier alpha value is -0.320. The van der Waals surface area contributed by atoms with E-state index in [0.29, 0.717) is 11.2 Å². The van der Waals surface area contributed by atoms with Crippen molar-refractivity contribution in [3.05, 3.63) is 21.9 Å². The minimum Gasteiger partial charge on any atom is -0.380 e. The molecular formula is C12H15BrClN3. The van der Waals surface area contributed by atoms with Gasteiger partial charge in [-0.1, -0.05) is 11.6 Å². The van der Waals surface area contributed by atoms with Crippen molar-refractivity contribution in [3.8, 4) is 0 Å². The maximum Gasteiger partial charge on any atom is 0.143 e. The lowest BCUT2D eigenvalue weighted by molar-refractivity contribution is 0.326. The van der Waals surface area contributed by atoms with Gasteiger partial charge in [-0.25, -0.2) is 4.98 Å². The summed E-state index contributed by atoms with van der Waals surface area (Å²) in [6.45, 7) is 2.38. The molecule has 2 fully saturated rings. The molecule has 1 N–H and O–H groups in total. The van der Waals surface area contributed by atoms with Gasteiger partial charge in [0.2, 0.25) is 0 Å². The lowest BCUT2D eigenvalue weighted by Crippen LogP contribution is -2.27. The SMILES string of the molecule is Clc1ncc(NC2CCN(C3CC3)C2)cc1Br. The van der Waals surface area contributed by atoms with Crippen LogP contribution in [0.1, 0.15) is 19.3 Å². The zero-order valence-corrected chi connectivity index (χ0v) is 11.8. The van der Waals surface area contributed by atoms with Gasteiger partial charge in [0.15, 0.2) is 0 Å². The zero-order valence-electron chi connectivity index (χ0n) is 9.50. The number of anilines is 1. The molecule has 3 rings (SSSR count). The van der Waals surface area contributed by atoms with E-state index in [1.807, 2.05) is 6.07 Å². The Bertz CT molecular complexity index is 422. The van der Waals surface area contributed by atoms with Crippen molar-refractivity contribution in [3.63, 3.8) is 0 Å². The summed E-state index contributed by atoms with van der Waals surface area (Å²) in [7, 11) is 0. The summed E-state index contributed by atoms with van der Waals surface area (Å²) in [5, 5.41) is 4.04. The number of nitrogens with one attached hydrogen (secondary N) is 1. The van der Waals surface area contributed by atoms with Crippen LogP contribution < -0.4 is 5.32 Å². The van der Waals surface area contributed by atoms with Gasteiger partial charge in [0.05, 0.1) is 16.4 Å². The summed E-state index contributed by atoms with van der Waals surface area (Å²) in [6, 6.07) is 3.41. The third-order valence-electron chi connectivity index (χ3n) is 3.45. The highest BCUT2D eigenvalue weighted by Gasteiger charge is 2.34. The second kappa shape index (κ2) is 4.75. The molecule has 1 aromatic rings. The molecule has 0 aromatic carbocycles. The molecule has 1 aromatic heterocycles. The normalized spacial score (nSPS) is 25.2. The molecule has 0 bridgehead atoms. The molecule has 1 saturated heterocycles. The monoisotopic (exact) mass is 315 g/mol. The van der Waals surface area contributed by atoms with Crippen molar-refractivity contribution in [1.29, 1.82) is 0 Å². The smallest absolute Gasteiger partial charge is 0.143 e. The first-order valence-corrected chi connectivity index (χ1v) is 7.21. The molecule has 1 unspecified atom stereocenters. The number of rotatable bonds is 3. The van der Waals surface area contributed by atoms with Crippen molar-refractivity contribution >= 4 is 33.2 Å². The lowest BCUT2D eigenvalue weighted by Gasteiger charge is -2.16. The number of nitrogens with zero attached hydrogens (tertiary/aromatic N) is 2. The standard InChI is InChI=1S/C12H15BrClN3/c13-11-5-9(6-15-12(11)14)16-8-3-4-17(7-8)10-1-2-10/h5-6,8,10,16H,1-4,7H2. The molecule has 3 nitrogen and oxygen atoms in total. The fourth-order valence-corrected chi connectivity index (χ4v) is 2.86. The number of halogens is 2. The Balaban J connectivity index is 1.61. The minimum atomic E-state index is 0.515. The van der Waals surface area contributed by atoms with E-state index in [1.54, 1.807) is 6.20 Å². The molecule has 2 aliphatic rings. The summed E-state index contributed by atoms with van der Waals surface area (Å²) in [4.78, 5) is 6.72. The van der Waals surface area contributed by atoms with Gasteiger partial charge >= 0.3 is 0 Å². The van der Waals surface area contributed by atoms with Crippen LogP contribution in [-0.4, -0.2) is 35.1 Å². The van der Waals surface area contributed by atoms with E-state index in [2.05, 4.69) is 31.1 Å². The van der Waals surface area contributed by atoms with Crippen molar-refractivity contribution in [2.45, 2.75) is 31.3 Å². The highest BCUT2D eigenvalue weighted by Crippen LogP contribution is 2.31. The molecular weight excluding hydrogens is 302 g/mol. The lowest BCUT2D eigenvalue weighted by atomic mass is 10.2. The second-order valence-electron chi connectivity index (χ2n) is 4.85. The third-order valence-corrected chi connectivity index (χ3v) is 4.58. The van der Waals surface area contributed by atoms with Crippen LogP contribution in [0, 0.1) is 0 Å². The van der Waals surface area contributed by atoms with E-state index in [1.165, 1.54) is 25.8 Å². The Morgan fingerprint density at radius 3 is 2.94 bits per heavy atom. The average molecular weight is 317 g/mol. The molecule has 0 radical (unpaired) electrons. The third kappa shape index (κ3) is 2.75. The van der Waals surface area contributed by atoms with Crippen LogP contribution in [0.15, 0.2) is 16.7 Å². The molecule has 0 spiro atoms. The van der Waals surface area contributed by atoms with E-state index in [0.717, 1.165) is 22.7 Å². The highest BCUT2D eigenvalue weighted by atomic mass is 79.9. The largest absolute Gasteiger partial charge is 0.380 e. The summed E-state index contributed by atoms with van der Waals surface area (Å²) >= 11 is 9.27. The number of likely N-dealkylation sites (tertiary alicyclic amines) is 1. The van der Waals surface area contributed by atoms with E-state index < -0.39 is 0 Å². The van der Waals surface area contributed by atoms with Crippen LogP contribution in [0.25, 0.3) is 0 Å². The maximum atomic E-state index is 5.88. The summed E-state index contributed by atoms with van der Waals surface area (Å²) in [5.41, 5.74) is 1.05. The molecule has 1 aliphatic carbocycles. The van der Waals surface area contributed by atoms with Crippen molar-refractivity contribution < 1.29 is 0 Å². The van der Waals surface area contributed by atoms with Crippen LogP contribution in [0.4, 0.5) is 5.69 Å². The van der Waals surface area contributed by atoms with Crippen LogP contribution in [-0.2, 0) is 0 Å². The van der Waals surface area contributed by atoms with Gasteiger partial charge in [-0.3, -0.25) is 4.90 Å². The van der Waals surface area contributed by atoms with Gasteiger partial charge in [0.1, 0.15) is 5.15 Å². The topological polar surface area (TPSA) is 28.2 Å². The Morgan fingerprint density at radius 2 is 2.24 bits per heavy atom. The second-order valence-corrected chi connectivity index (χ2v) is 6.07. The summed E-state index contributed by atoms with van der Waals surface area (Å²) in [6.07, 6.45) is 5.80. The van der Waals surface area contributed by atoms with Gasteiger partial charge in [-0.05, 0) is 41.3 Å². The van der Waals surface area contributed by atoms with Gasteiger partial charge < -0.3 is 5.32 Å². The van der Waals surface area contributed by atoms with Gasteiger partial charge in [-0.15, -0.1) is 0 Å². The molecule has 1 saturated carbocycles. The highest BCUT2D eigenvalue weighted by molar-refractivity contribution is 9.10. The van der Waals surface area contributed by atoms with Crippen LogP contribution >= 0.6 is 27.5 Å². The first-order valence-electron chi connectivity index (χ1n) is 6.04. The summed E-state index contributed by atoms with van der Waals surface area (Å²) < 4.78 is 0.848. The number of hydrogen-bond donors (Lipinski definition) is 1. The predicted octanol–water partition coefficient (Wildman–Crippen LogP) is 3.15. The van der Waals surface area contributed by atoms with Crippen LogP contribution in [0.2, 0.25) is 5.15 Å². The van der Waals surface area contributed by atoms with E-state index in [9.17, 15) is 0 Å². The fraction of sp³-hybridized carbons (Fsp3) is 0.583. The van der Waals surface area contributed by atoms with Gasteiger partial charge in [0, 0.05) is 25.2 Å². The Kier molecular flexibility index (Phi) is 3.28. The molecule has 17 heavy (non-hydrogen) atoms. The molecule has 2 heterocycles. The number of pyridine rings is 1. The first kappa shape index (κ1) is 11.8. The zero-order chi connectivity index (χ0) is 11.8. The van der Waals surface area contributed by atoms with Gasteiger partial charge in [0.25, 0.3) is 0 Å². The molecule has 1 atom stereocenters. The number of hydrogen-bond acceptors (Lipinski definition) is 3. The van der Waals surface area contributed by atoms with Crippen LogP contribution in [0.3, 0.4) is 0 Å². The predicted molar refractivity (Wildman–Crippen MR) is 73.6 cm³/mol. The molecule has 0 amide bonds. The fourth-order valence-electron chi connectivity index (χ4n) is 2.41. The Labute approximate surface area is 115 Å². The molecule has 1 aliphatic heterocycles. The minimum absolute atomic E-state index is 0.515. The van der Waals surface area contributed by atoms with E-state index >= 15 is 0 Å². The maximum absolute atomic E-state index is 5.88. The quantitative estimate of drug-likeness (QED) is 0.868. The van der Waals surface area contributed by atoms with Crippen molar-refractivity contribution in [1.82, 2.24) is 9.88 Å². The van der Waals surface area contributed by atoms with Crippen molar-refractivity contribution in [2.75, 3.05) is 18.4 Å². The van der Waals surface area contributed by atoms with E-state index in [-0.39, 0.29) is 0 Å². The first-order chi connectivity index (χ1) is 8.22. The van der Waals surface area contributed by atoms with Crippen LogP contribution in [0.5, 0.6) is 0 Å². The number of aromatic nitrogens is 1. The summed E-state index contributed by atoms with van der Waals surface area (Å²) in [5.74, 6) is 0. The van der Waals surface area contributed by atoms with E-state index in [4.69, 9.17) is 11.6 Å². The van der Waals surface area contributed by atoms with Gasteiger partial charge in [-0.2, -0.15) is 0 Å². The molecule has 92 valence electrons. The Morgan fingerprint density at radius 1 is 1.41 bits per heavy atom. The molecule has 5 heteroatoms.